The third kappa shape index (κ3) is 3.08. The lowest BCUT2D eigenvalue weighted by molar-refractivity contribution is 0.0893. The average molecular weight is 303 g/mol. The van der Waals surface area contributed by atoms with Gasteiger partial charge < -0.3 is 14.6 Å². The average Bonchev–Trinajstić information content (AvgIpc) is 3.14. The molecule has 1 N–H and O–H groups in total. The summed E-state index contributed by atoms with van der Waals surface area (Å²) in [6, 6.07) is 0.291. The van der Waals surface area contributed by atoms with Gasteiger partial charge in [-0.3, -0.25) is 4.68 Å². The fraction of sp³-hybridized carbons (Fsp3) is 0.625. The fourth-order valence-electron chi connectivity index (χ4n) is 2.77. The van der Waals surface area contributed by atoms with Gasteiger partial charge >= 0.3 is 0 Å². The zero-order chi connectivity index (χ0) is 15.7. The highest BCUT2D eigenvalue weighted by molar-refractivity contribution is 5.07. The first-order valence-electron chi connectivity index (χ1n) is 7.81. The first kappa shape index (κ1) is 15.2. The highest BCUT2D eigenvalue weighted by atomic mass is 16.5. The quantitative estimate of drug-likeness (QED) is 0.938. The number of hydrogen-bond donors (Lipinski definition) is 1. The lowest BCUT2D eigenvalue weighted by atomic mass is 10.1. The van der Waals surface area contributed by atoms with Crippen molar-refractivity contribution in [1.82, 2.24) is 24.6 Å². The van der Waals surface area contributed by atoms with Crippen molar-refractivity contribution >= 4 is 0 Å². The van der Waals surface area contributed by atoms with Crippen LogP contribution >= 0.6 is 0 Å². The molecule has 0 saturated carbocycles. The Kier molecular flexibility index (Phi) is 4.06. The molecule has 2 atom stereocenters. The van der Waals surface area contributed by atoms with Gasteiger partial charge in [-0.25, -0.2) is 4.98 Å². The molecule has 0 amide bonds. The molecule has 2 aromatic heterocycles. The second-order valence-electron chi connectivity index (χ2n) is 6.93. The lowest BCUT2D eigenvalue weighted by Gasteiger charge is -2.20. The van der Waals surface area contributed by atoms with E-state index in [4.69, 9.17) is 4.74 Å². The second kappa shape index (κ2) is 5.85. The van der Waals surface area contributed by atoms with Crippen LogP contribution in [0.25, 0.3) is 0 Å². The van der Waals surface area contributed by atoms with E-state index >= 15 is 0 Å². The lowest BCUT2D eigenvalue weighted by Crippen LogP contribution is -2.32. The molecule has 3 heterocycles. The van der Waals surface area contributed by atoms with Gasteiger partial charge in [0.15, 0.2) is 0 Å². The van der Waals surface area contributed by atoms with Crippen LogP contribution in [0.15, 0.2) is 24.8 Å². The van der Waals surface area contributed by atoms with Crippen LogP contribution in [0.4, 0.5) is 0 Å². The van der Waals surface area contributed by atoms with Gasteiger partial charge in [0.2, 0.25) is 0 Å². The molecule has 0 radical (unpaired) electrons. The summed E-state index contributed by atoms with van der Waals surface area (Å²) in [4.78, 5) is 4.42. The number of imidazole rings is 1. The van der Waals surface area contributed by atoms with Crippen molar-refractivity contribution in [3.63, 3.8) is 0 Å². The molecule has 1 saturated heterocycles. The van der Waals surface area contributed by atoms with Crippen LogP contribution in [-0.2, 0) is 23.9 Å². The van der Waals surface area contributed by atoms with Crippen LogP contribution in [0.3, 0.4) is 0 Å². The third-order valence-electron chi connectivity index (χ3n) is 4.10. The Bertz CT molecular complexity index is 625. The number of aryl methyl sites for hydroxylation is 1. The molecule has 22 heavy (non-hydrogen) atoms. The predicted molar refractivity (Wildman–Crippen MR) is 84.4 cm³/mol. The van der Waals surface area contributed by atoms with Crippen LogP contribution in [0.2, 0.25) is 0 Å². The molecule has 2 aromatic rings. The summed E-state index contributed by atoms with van der Waals surface area (Å²) >= 11 is 0. The Labute approximate surface area is 131 Å². The highest BCUT2D eigenvalue weighted by Crippen LogP contribution is 2.28. The minimum atomic E-state index is 0.0181. The number of rotatable bonds is 4. The maximum Gasteiger partial charge on any atom is 0.139 e. The fourth-order valence-corrected chi connectivity index (χ4v) is 2.77. The monoisotopic (exact) mass is 303 g/mol. The van der Waals surface area contributed by atoms with E-state index in [2.05, 4.69) is 42.4 Å². The Morgan fingerprint density at radius 3 is 2.86 bits per heavy atom. The maximum atomic E-state index is 5.87. The van der Waals surface area contributed by atoms with E-state index < -0.39 is 0 Å². The van der Waals surface area contributed by atoms with E-state index in [1.54, 1.807) is 0 Å². The van der Waals surface area contributed by atoms with E-state index in [0.29, 0.717) is 6.04 Å². The topological polar surface area (TPSA) is 56.9 Å². The van der Waals surface area contributed by atoms with Gasteiger partial charge in [-0.15, -0.1) is 0 Å². The molecule has 6 nitrogen and oxygen atoms in total. The van der Waals surface area contributed by atoms with Gasteiger partial charge in [0.05, 0.1) is 11.7 Å². The van der Waals surface area contributed by atoms with Crippen molar-refractivity contribution in [3.8, 4) is 0 Å². The number of aromatic nitrogens is 4. The molecule has 0 aromatic carbocycles. The van der Waals surface area contributed by atoms with E-state index in [1.807, 2.05) is 34.9 Å². The highest BCUT2D eigenvalue weighted by Gasteiger charge is 2.32. The molecule has 1 aliphatic rings. The van der Waals surface area contributed by atoms with Crippen molar-refractivity contribution in [2.45, 2.75) is 51.4 Å². The standard InChI is InChI=1S/C16H25N5O/c1-16(2,3)21-11-12(10-19-21)9-18-13-5-8-22-14(13)15-17-6-7-20(15)4/h6-7,10-11,13-14,18H,5,8-9H2,1-4H3/t13-,14-/m0/s1. The van der Waals surface area contributed by atoms with E-state index in [0.717, 1.165) is 25.4 Å². The van der Waals surface area contributed by atoms with E-state index in [1.165, 1.54) is 5.56 Å². The van der Waals surface area contributed by atoms with E-state index in [9.17, 15) is 0 Å². The Balaban J connectivity index is 1.63. The van der Waals surface area contributed by atoms with Gasteiger partial charge in [-0.05, 0) is 27.2 Å². The van der Waals surface area contributed by atoms with Gasteiger partial charge in [0, 0.05) is 50.4 Å². The van der Waals surface area contributed by atoms with Gasteiger partial charge in [0.1, 0.15) is 11.9 Å². The second-order valence-corrected chi connectivity index (χ2v) is 6.93. The number of ether oxygens (including phenoxy) is 1. The van der Waals surface area contributed by atoms with Crippen molar-refractivity contribution in [2.24, 2.45) is 7.05 Å². The minimum Gasteiger partial charge on any atom is -0.369 e. The summed E-state index contributed by atoms with van der Waals surface area (Å²) in [6.45, 7) is 8.03. The number of hydrogen-bond acceptors (Lipinski definition) is 4. The molecule has 0 bridgehead atoms. The predicted octanol–water partition coefficient (Wildman–Crippen LogP) is 1.99. The first-order chi connectivity index (χ1) is 10.4. The summed E-state index contributed by atoms with van der Waals surface area (Å²) in [6.07, 6.45) is 8.86. The van der Waals surface area contributed by atoms with Crippen molar-refractivity contribution < 1.29 is 4.74 Å². The summed E-state index contributed by atoms with van der Waals surface area (Å²) in [5.41, 5.74) is 1.21. The molecular weight excluding hydrogens is 278 g/mol. The van der Waals surface area contributed by atoms with Crippen LogP contribution in [0, 0.1) is 0 Å². The Hall–Kier alpha value is -1.66. The summed E-state index contributed by atoms with van der Waals surface area (Å²) in [5.74, 6) is 0.986. The first-order valence-corrected chi connectivity index (χ1v) is 7.81. The third-order valence-corrected chi connectivity index (χ3v) is 4.10. The molecule has 1 fully saturated rings. The molecule has 0 spiro atoms. The Morgan fingerprint density at radius 1 is 1.41 bits per heavy atom. The van der Waals surface area contributed by atoms with Crippen LogP contribution in [0.5, 0.6) is 0 Å². The van der Waals surface area contributed by atoms with Gasteiger partial charge in [-0.2, -0.15) is 5.10 Å². The number of nitrogens with zero attached hydrogens (tertiary/aromatic N) is 4. The smallest absolute Gasteiger partial charge is 0.139 e. The molecule has 3 rings (SSSR count). The van der Waals surface area contributed by atoms with E-state index in [-0.39, 0.29) is 11.6 Å². The summed E-state index contributed by atoms with van der Waals surface area (Å²) in [7, 11) is 2.01. The Morgan fingerprint density at radius 2 is 2.23 bits per heavy atom. The zero-order valence-corrected chi connectivity index (χ0v) is 13.8. The molecule has 0 aliphatic carbocycles. The van der Waals surface area contributed by atoms with Crippen molar-refractivity contribution in [1.29, 1.82) is 0 Å². The van der Waals surface area contributed by atoms with Crippen molar-refractivity contribution in [2.75, 3.05) is 6.61 Å². The molecule has 6 heteroatoms. The largest absolute Gasteiger partial charge is 0.369 e. The van der Waals surface area contributed by atoms with Gasteiger partial charge in [-0.1, -0.05) is 0 Å². The summed E-state index contributed by atoms with van der Waals surface area (Å²) < 4.78 is 9.91. The molecule has 0 unspecified atom stereocenters. The van der Waals surface area contributed by atoms with Crippen LogP contribution < -0.4 is 5.32 Å². The van der Waals surface area contributed by atoms with Crippen molar-refractivity contribution in [3.05, 3.63) is 36.2 Å². The van der Waals surface area contributed by atoms with Crippen LogP contribution in [0.1, 0.15) is 44.7 Å². The number of nitrogens with one attached hydrogen (secondary N) is 1. The zero-order valence-electron chi connectivity index (χ0n) is 13.8. The molecule has 1 aliphatic heterocycles. The van der Waals surface area contributed by atoms with Crippen LogP contribution in [-0.4, -0.2) is 32.0 Å². The molecular formula is C16H25N5O. The molecule has 120 valence electrons. The normalized spacial score (nSPS) is 22.4. The minimum absolute atomic E-state index is 0.0181. The maximum absolute atomic E-state index is 5.87. The summed E-state index contributed by atoms with van der Waals surface area (Å²) in [5, 5.41) is 8.04. The SMILES string of the molecule is Cn1ccnc1[C@H]1OCC[C@@H]1NCc1cnn(C(C)(C)C)c1. The van der Waals surface area contributed by atoms with Gasteiger partial charge in [0.25, 0.3) is 0 Å².